The maximum atomic E-state index is 8.42. The monoisotopic (exact) mass is 225 g/mol. The molecular weight excluding hydrogens is 225 g/mol. The van der Waals surface area contributed by atoms with E-state index in [1.807, 2.05) is 0 Å². The van der Waals surface area contributed by atoms with Crippen molar-refractivity contribution in [1.29, 1.82) is 0 Å². The minimum absolute atomic E-state index is 0. The molecule has 0 amide bonds. The first kappa shape index (κ1) is 15.6. The molecule has 0 heterocycles. The molecule has 0 aromatic carbocycles. The molecule has 24 valence electrons. The van der Waals surface area contributed by atoms with Gasteiger partial charge in [-0.2, -0.15) is 0 Å². The molecule has 6 heavy (non-hydrogen) atoms. The van der Waals surface area contributed by atoms with E-state index in [4.69, 9.17) is 15.1 Å². The topological polar surface area (TPSA) is 69.2 Å². The van der Waals surface area contributed by atoms with Gasteiger partial charge in [0, 0.05) is 0 Å². The first-order valence-corrected chi connectivity index (χ1v) is 0.707. The Bertz CT molecular complexity index is 15.5. The second-order valence-corrected chi connectivity index (χ2v) is 0.289. The van der Waals surface area contributed by atoms with Gasteiger partial charge in [-0.25, -0.2) is 0 Å². The zero-order valence-corrected chi connectivity index (χ0v) is 7.74. The summed E-state index contributed by atoms with van der Waals surface area (Å²) < 4.78 is 0. The van der Waals surface area contributed by atoms with E-state index in [0.717, 1.165) is 0 Å². The Morgan fingerprint density at radius 2 is 1.00 bits per heavy atom. The molecular formula is AlBLaO3+3. The summed E-state index contributed by atoms with van der Waals surface area (Å²) in [5, 5.41) is 25.2. The summed E-state index contributed by atoms with van der Waals surface area (Å²) in [7, 11) is -2.92. The van der Waals surface area contributed by atoms with Gasteiger partial charge in [0.05, 0.1) is 0 Å². The zero-order valence-electron chi connectivity index (χ0n) is 2.96. The molecule has 0 aliphatic carbocycles. The van der Waals surface area contributed by atoms with Crippen LogP contribution >= 0.6 is 0 Å². The zero-order chi connectivity index (χ0) is 3.58. The van der Waals surface area contributed by atoms with Crippen LogP contribution in [0.4, 0.5) is 0 Å². The van der Waals surface area contributed by atoms with Gasteiger partial charge >= 0.3 is 53.0 Å². The standard InChI is InChI=1S/Al.BO3.La/c;2-1(3)4;/q+3;-3;+3. The second-order valence-electron chi connectivity index (χ2n) is 0.289. The normalized spacial score (nSPS) is 4.50. The van der Waals surface area contributed by atoms with E-state index in [2.05, 4.69) is 0 Å². The van der Waals surface area contributed by atoms with Gasteiger partial charge < -0.3 is 15.1 Å². The van der Waals surface area contributed by atoms with Crippen LogP contribution in [0, 0.1) is 35.6 Å². The van der Waals surface area contributed by atoms with Crippen LogP contribution in [0.3, 0.4) is 0 Å². The van der Waals surface area contributed by atoms with Crippen molar-refractivity contribution in [1.82, 2.24) is 0 Å². The SMILES string of the molecule is [Al+3].[La+3].[O-]B([O-])[O-]. The molecule has 0 aromatic heterocycles. The van der Waals surface area contributed by atoms with Crippen LogP contribution in [0.2, 0.25) is 0 Å². The van der Waals surface area contributed by atoms with Crippen LogP contribution < -0.4 is 15.1 Å². The van der Waals surface area contributed by atoms with Crippen molar-refractivity contribution >= 4 is 24.7 Å². The Balaban J connectivity index is -0.0000000450. The Kier molecular flexibility index (Phi) is 25.6. The predicted molar refractivity (Wildman–Crippen MR) is 11.5 cm³/mol. The smallest absolute Gasteiger partial charge is 0.907 e. The van der Waals surface area contributed by atoms with E-state index < -0.39 is 7.32 Å². The quantitative estimate of drug-likeness (QED) is 0.391. The Labute approximate surface area is 74.7 Å². The van der Waals surface area contributed by atoms with Crippen molar-refractivity contribution in [2.75, 3.05) is 0 Å². The molecule has 0 saturated carbocycles. The number of rotatable bonds is 0. The summed E-state index contributed by atoms with van der Waals surface area (Å²) >= 11 is 0. The van der Waals surface area contributed by atoms with Crippen LogP contribution in [-0.4, -0.2) is 24.7 Å². The molecule has 0 atom stereocenters. The molecule has 0 aliphatic rings. The van der Waals surface area contributed by atoms with Crippen LogP contribution in [0.5, 0.6) is 0 Å². The summed E-state index contributed by atoms with van der Waals surface area (Å²) in [6.07, 6.45) is 0. The molecule has 0 spiro atoms. The van der Waals surface area contributed by atoms with Crippen molar-refractivity contribution in [3.63, 3.8) is 0 Å². The molecule has 3 nitrogen and oxygen atoms in total. The molecule has 0 N–H and O–H groups in total. The van der Waals surface area contributed by atoms with Crippen molar-refractivity contribution in [3.8, 4) is 0 Å². The fourth-order valence-corrected chi connectivity index (χ4v) is 0. The Hall–Kier alpha value is 1.67. The third-order valence-electron chi connectivity index (χ3n) is 0. The molecule has 0 aliphatic heterocycles. The van der Waals surface area contributed by atoms with Crippen molar-refractivity contribution in [3.05, 3.63) is 0 Å². The third kappa shape index (κ3) is 44.3. The summed E-state index contributed by atoms with van der Waals surface area (Å²) in [5.41, 5.74) is 0. The van der Waals surface area contributed by atoms with E-state index in [9.17, 15) is 0 Å². The third-order valence-corrected chi connectivity index (χ3v) is 0. The van der Waals surface area contributed by atoms with E-state index in [0.29, 0.717) is 0 Å². The molecule has 0 rings (SSSR count). The predicted octanol–water partition coefficient (Wildman–Crippen LogP) is -4.33. The van der Waals surface area contributed by atoms with Gasteiger partial charge in [-0.1, -0.05) is 0 Å². The van der Waals surface area contributed by atoms with E-state index in [1.165, 1.54) is 0 Å². The average Bonchev–Trinajstić information content (AvgIpc) is 0.811. The van der Waals surface area contributed by atoms with Crippen LogP contribution in [0.1, 0.15) is 0 Å². The Morgan fingerprint density at radius 1 is 1.00 bits per heavy atom. The maximum absolute atomic E-state index is 8.42. The number of hydrogen-bond donors (Lipinski definition) is 0. The second kappa shape index (κ2) is 9.83. The summed E-state index contributed by atoms with van der Waals surface area (Å²) in [6.45, 7) is 0. The first-order valence-electron chi connectivity index (χ1n) is 0.707. The Morgan fingerprint density at radius 3 is 1.00 bits per heavy atom. The fraction of sp³-hybridized carbons (Fsp3) is 0. The molecule has 0 radical (unpaired) electrons. The average molecular weight is 225 g/mol. The van der Waals surface area contributed by atoms with E-state index in [-0.39, 0.29) is 53.0 Å². The molecule has 0 saturated heterocycles. The first-order chi connectivity index (χ1) is 1.73. The molecule has 0 aromatic rings. The van der Waals surface area contributed by atoms with Gasteiger partial charge in [-0.3, -0.25) is 7.32 Å². The van der Waals surface area contributed by atoms with Crippen LogP contribution in [0.15, 0.2) is 0 Å². The molecule has 0 bridgehead atoms. The van der Waals surface area contributed by atoms with E-state index >= 15 is 0 Å². The van der Waals surface area contributed by atoms with Gasteiger partial charge in [-0.05, 0) is 0 Å². The minimum atomic E-state index is -2.92. The minimum Gasteiger partial charge on any atom is -0.907 e. The van der Waals surface area contributed by atoms with E-state index in [1.54, 1.807) is 0 Å². The molecule has 6 heteroatoms. The molecule has 0 fully saturated rings. The van der Waals surface area contributed by atoms with Gasteiger partial charge in [0.2, 0.25) is 0 Å². The number of hydrogen-bond acceptors (Lipinski definition) is 3. The maximum Gasteiger partial charge on any atom is 3.00 e. The van der Waals surface area contributed by atoms with Gasteiger partial charge in [0.25, 0.3) is 0 Å². The fourth-order valence-electron chi connectivity index (χ4n) is 0. The van der Waals surface area contributed by atoms with Crippen LogP contribution in [-0.2, 0) is 0 Å². The van der Waals surface area contributed by atoms with Crippen molar-refractivity contribution < 1.29 is 50.7 Å². The summed E-state index contributed by atoms with van der Waals surface area (Å²) in [6, 6.07) is 0. The van der Waals surface area contributed by atoms with Crippen molar-refractivity contribution in [2.45, 2.75) is 0 Å². The summed E-state index contributed by atoms with van der Waals surface area (Å²) in [5.74, 6) is 0. The van der Waals surface area contributed by atoms with Crippen molar-refractivity contribution in [2.24, 2.45) is 0 Å². The van der Waals surface area contributed by atoms with Gasteiger partial charge in [-0.15, -0.1) is 0 Å². The largest absolute Gasteiger partial charge is 3.00 e. The van der Waals surface area contributed by atoms with Gasteiger partial charge in [0.15, 0.2) is 0 Å². The van der Waals surface area contributed by atoms with Crippen LogP contribution in [0.25, 0.3) is 0 Å². The summed E-state index contributed by atoms with van der Waals surface area (Å²) in [4.78, 5) is 0. The van der Waals surface area contributed by atoms with Gasteiger partial charge in [0.1, 0.15) is 0 Å². The molecule has 0 unspecified atom stereocenters.